The molecule has 1 fully saturated rings. The first-order valence-electron chi connectivity index (χ1n) is 11.6. The summed E-state index contributed by atoms with van der Waals surface area (Å²) >= 11 is 0. The molecule has 0 bridgehead atoms. The fraction of sp³-hybridized carbons (Fsp3) is 0.500. The van der Waals surface area contributed by atoms with Gasteiger partial charge in [-0.25, -0.2) is 0 Å². The van der Waals surface area contributed by atoms with E-state index in [4.69, 9.17) is 28.4 Å². The SMILES string of the molecule is COc1cc(C=O)ccc1OCC(O)CN(Cc1cc(OC)c(OC)c(OC)c1)CC1CCCO1. The molecule has 1 aliphatic rings. The van der Waals surface area contributed by atoms with E-state index in [1.807, 2.05) is 12.1 Å². The van der Waals surface area contributed by atoms with Gasteiger partial charge in [0, 0.05) is 31.8 Å². The number of rotatable bonds is 14. The average molecular weight is 490 g/mol. The van der Waals surface area contributed by atoms with Gasteiger partial charge in [0.1, 0.15) is 19.0 Å². The van der Waals surface area contributed by atoms with Crippen LogP contribution in [-0.4, -0.2) is 83.2 Å². The molecule has 1 N–H and O–H groups in total. The van der Waals surface area contributed by atoms with Crippen LogP contribution in [0.2, 0.25) is 0 Å². The molecule has 0 aromatic heterocycles. The van der Waals surface area contributed by atoms with Crippen molar-refractivity contribution in [3.63, 3.8) is 0 Å². The van der Waals surface area contributed by atoms with Gasteiger partial charge >= 0.3 is 0 Å². The summed E-state index contributed by atoms with van der Waals surface area (Å²) in [6.07, 6.45) is 2.10. The molecule has 2 unspecified atom stereocenters. The maximum absolute atomic E-state index is 11.0. The Hall–Kier alpha value is -3.01. The van der Waals surface area contributed by atoms with E-state index in [0.29, 0.717) is 53.9 Å². The Balaban J connectivity index is 1.71. The van der Waals surface area contributed by atoms with E-state index in [-0.39, 0.29) is 12.7 Å². The number of aliphatic hydroxyl groups excluding tert-OH is 1. The zero-order valence-corrected chi connectivity index (χ0v) is 20.8. The van der Waals surface area contributed by atoms with Gasteiger partial charge < -0.3 is 33.5 Å². The Labute approximate surface area is 206 Å². The molecule has 0 radical (unpaired) electrons. The average Bonchev–Trinajstić information content (AvgIpc) is 3.39. The number of hydrogen-bond acceptors (Lipinski definition) is 9. The highest BCUT2D eigenvalue weighted by atomic mass is 16.5. The quantitative estimate of drug-likeness (QED) is 0.402. The Morgan fingerprint density at radius 2 is 1.74 bits per heavy atom. The maximum atomic E-state index is 11.0. The van der Waals surface area contributed by atoms with Gasteiger partial charge in [0.25, 0.3) is 0 Å². The maximum Gasteiger partial charge on any atom is 0.203 e. The summed E-state index contributed by atoms with van der Waals surface area (Å²) in [6, 6.07) is 8.72. The van der Waals surface area contributed by atoms with Crippen molar-refractivity contribution >= 4 is 6.29 Å². The monoisotopic (exact) mass is 489 g/mol. The van der Waals surface area contributed by atoms with Gasteiger partial charge in [-0.3, -0.25) is 9.69 Å². The molecule has 1 saturated heterocycles. The molecule has 1 aliphatic heterocycles. The number of nitrogens with zero attached hydrogens (tertiary/aromatic N) is 1. The fourth-order valence-corrected chi connectivity index (χ4v) is 4.18. The number of carbonyl (C=O) groups excluding carboxylic acids is 1. The number of carbonyl (C=O) groups is 1. The van der Waals surface area contributed by atoms with Crippen LogP contribution in [0.3, 0.4) is 0 Å². The van der Waals surface area contributed by atoms with Crippen LogP contribution in [0.1, 0.15) is 28.8 Å². The summed E-state index contributed by atoms with van der Waals surface area (Å²) in [5.74, 6) is 2.60. The van der Waals surface area contributed by atoms with E-state index in [1.54, 1.807) is 39.5 Å². The van der Waals surface area contributed by atoms with Crippen LogP contribution >= 0.6 is 0 Å². The van der Waals surface area contributed by atoms with Crippen molar-refractivity contribution in [2.24, 2.45) is 0 Å². The summed E-state index contributed by atoms with van der Waals surface area (Å²) < 4.78 is 33.4. The number of aliphatic hydroxyl groups is 1. The number of methoxy groups -OCH3 is 4. The van der Waals surface area contributed by atoms with Crippen molar-refractivity contribution in [1.29, 1.82) is 0 Å². The molecule has 192 valence electrons. The van der Waals surface area contributed by atoms with Crippen molar-refractivity contribution in [3.8, 4) is 28.7 Å². The lowest BCUT2D eigenvalue weighted by Gasteiger charge is -2.28. The number of ether oxygens (including phenoxy) is 6. The Morgan fingerprint density at radius 1 is 1.03 bits per heavy atom. The first-order chi connectivity index (χ1) is 17.0. The molecule has 3 rings (SSSR count). The molecule has 9 nitrogen and oxygen atoms in total. The Kier molecular flexibility index (Phi) is 10.0. The topological polar surface area (TPSA) is 95.9 Å². The van der Waals surface area contributed by atoms with Crippen molar-refractivity contribution in [1.82, 2.24) is 4.90 Å². The van der Waals surface area contributed by atoms with E-state index in [9.17, 15) is 9.90 Å². The highest BCUT2D eigenvalue weighted by molar-refractivity contribution is 5.76. The van der Waals surface area contributed by atoms with Crippen LogP contribution < -0.4 is 23.7 Å². The predicted molar refractivity (Wildman–Crippen MR) is 130 cm³/mol. The third-order valence-corrected chi connectivity index (χ3v) is 5.84. The van der Waals surface area contributed by atoms with E-state index in [0.717, 1.165) is 31.3 Å². The highest BCUT2D eigenvalue weighted by Crippen LogP contribution is 2.38. The second-order valence-corrected chi connectivity index (χ2v) is 8.36. The molecule has 9 heteroatoms. The van der Waals surface area contributed by atoms with Crippen LogP contribution in [0.4, 0.5) is 0 Å². The van der Waals surface area contributed by atoms with Crippen LogP contribution in [-0.2, 0) is 11.3 Å². The molecular formula is C26H35NO8. The molecular weight excluding hydrogens is 454 g/mol. The molecule has 0 saturated carbocycles. The van der Waals surface area contributed by atoms with Crippen molar-refractivity contribution in [2.45, 2.75) is 31.6 Å². The third kappa shape index (κ3) is 7.24. The second kappa shape index (κ2) is 13.2. The predicted octanol–water partition coefficient (Wildman–Crippen LogP) is 2.95. The molecule has 0 spiro atoms. The van der Waals surface area contributed by atoms with Crippen molar-refractivity contribution in [2.75, 3.05) is 54.7 Å². The Morgan fingerprint density at radius 3 is 2.31 bits per heavy atom. The first-order valence-corrected chi connectivity index (χ1v) is 11.6. The van der Waals surface area contributed by atoms with Gasteiger partial charge in [-0.2, -0.15) is 0 Å². The summed E-state index contributed by atoms with van der Waals surface area (Å²) in [5.41, 5.74) is 1.44. The normalized spacial score (nSPS) is 16.1. The minimum Gasteiger partial charge on any atom is -0.493 e. The fourth-order valence-electron chi connectivity index (χ4n) is 4.18. The van der Waals surface area contributed by atoms with Gasteiger partial charge in [-0.1, -0.05) is 0 Å². The smallest absolute Gasteiger partial charge is 0.203 e. The lowest BCUT2D eigenvalue weighted by atomic mass is 10.1. The van der Waals surface area contributed by atoms with Crippen LogP contribution in [0.5, 0.6) is 28.7 Å². The molecule has 0 aliphatic carbocycles. The zero-order valence-electron chi connectivity index (χ0n) is 20.8. The van der Waals surface area contributed by atoms with Gasteiger partial charge in [0.15, 0.2) is 23.0 Å². The standard InChI is InChI=1S/C26H35NO8/c1-30-23-10-18(16-28)7-8-22(23)35-17-20(29)14-27(15-21-6-5-9-34-21)13-19-11-24(31-2)26(33-4)25(12-19)32-3/h7-8,10-12,16,20-21,29H,5-6,9,13-15,17H2,1-4H3. The van der Waals surface area contributed by atoms with Gasteiger partial charge in [0.2, 0.25) is 5.75 Å². The summed E-state index contributed by atoms with van der Waals surface area (Å²) in [4.78, 5) is 13.1. The van der Waals surface area contributed by atoms with Crippen LogP contribution in [0.15, 0.2) is 30.3 Å². The summed E-state index contributed by atoms with van der Waals surface area (Å²) in [5, 5.41) is 10.8. The second-order valence-electron chi connectivity index (χ2n) is 8.36. The van der Waals surface area contributed by atoms with Gasteiger partial charge in [-0.15, -0.1) is 0 Å². The molecule has 2 aromatic carbocycles. The number of benzene rings is 2. The van der Waals surface area contributed by atoms with E-state index in [2.05, 4.69) is 4.90 Å². The van der Waals surface area contributed by atoms with Crippen LogP contribution in [0, 0.1) is 0 Å². The summed E-state index contributed by atoms with van der Waals surface area (Å²) in [7, 11) is 6.25. The number of aldehydes is 1. The molecule has 2 aromatic rings. The minimum absolute atomic E-state index is 0.0636. The van der Waals surface area contributed by atoms with Crippen molar-refractivity contribution in [3.05, 3.63) is 41.5 Å². The summed E-state index contributed by atoms with van der Waals surface area (Å²) in [6.45, 7) is 2.40. The number of hydrogen-bond donors (Lipinski definition) is 1. The van der Waals surface area contributed by atoms with Gasteiger partial charge in [0.05, 0.1) is 34.5 Å². The lowest BCUT2D eigenvalue weighted by molar-refractivity contribution is 0.0309. The molecule has 35 heavy (non-hydrogen) atoms. The largest absolute Gasteiger partial charge is 0.493 e. The minimum atomic E-state index is -0.770. The zero-order chi connectivity index (χ0) is 25.2. The van der Waals surface area contributed by atoms with Crippen molar-refractivity contribution < 1.29 is 38.3 Å². The Bertz CT molecular complexity index is 935. The molecule has 1 heterocycles. The molecule has 2 atom stereocenters. The van der Waals surface area contributed by atoms with E-state index < -0.39 is 6.10 Å². The lowest BCUT2D eigenvalue weighted by Crippen LogP contribution is -2.39. The third-order valence-electron chi connectivity index (χ3n) is 5.84. The van der Waals surface area contributed by atoms with E-state index >= 15 is 0 Å². The molecule has 0 amide bonds. The van der Waals surface area contributed by atoms with E-state index in [1.165, 1.54) is 7.11 Å². The van der Waals surface area contributed by atoms with Gasteiger partial charge in [-0.05, 0) is 48.7 Å². The van der Waals surface area contributed by atoms with Crippen LogP contribution in [0.25, 0.3) is 0 Å². The first kappa shape index (κ1) is 26.6. The highest BCUT2D eigenvalue weighted by Gasteiger charge is 2.23.